The van der Waals surface area contributed by atoms with Gasteiger partial charge in [-0.25, -0.2) is 4.39 Å². The minimum absolute atomic E-state index is 0.0255. The molecule has 1 amide bonds. The number of amides is 1. The second kappa shape index (κ2) is 6.87. The minimum Gasteiger partial charge on any atom is -0.343 e. The summed E-state index contributed by atoms with van der Waals surface area (Å²) in [5, 5.41) is 10.0. The molecule has 1 aromatic heterocycles. The quantitative estimate of drug-likeness (QED) is 0.810. The molecule has 5 nitrogen and oxygen atoms in total. The number of hydrogen-bond donors (Lipinski definition) is 0. The Morgan fingerprint density at radius 3 is 2.48 bits per heavy atom. The number of anilines is 1. The Morgan fingerprint density at radius 2 is 1.87 bits per heavy atom. The van der Waals surface area contributed by atoms with Gasteiger partial charge in [-0.05, 0) is 30.7 Å². The number of carbonyl (C=O) groups is 1. The first-order valence-corrected chi connectivity index (χ1v) is 8.21. The van der Waals surface area contributed by atoms with E-state index in [2.05, 4.69) is 15.1 Å². The van der Waals surface area contributed by atoms with E-state index >= 15 is 0 Å². The lowest BCUT2D eigenvalue weighted by Crippen LogP contribution is -2.48. The molecule has 0 saturated carbocycles. The van der Waals surface area contributed by atoms with Crippen molar-refractivity contribution in [3.63, 3.8) is 0 Å². The third-order valence-corrected chi connectivity index (χ3v) is 4.57. The van der Waals surface area contributed by atoms with E-state index < -0.39 is 0 Å². The van der Waals surface area contributed by atoms with E-state index in [1.165, 1.54) is 18.2 Å². The van der Waals surface area contributed by atoms with Crippen molar-refractivity contribution < 1.29 is 9.18 Å². The first kappa shape index (κ1) is 15.6. The first-order chi connectivity index (χ1) is 11.1. The standard InChI is InChI=1S/C16H17FN4OS/c1-12-18-19-16(23-12)21-10-8-20(9-11-21)15(22)7-4-13-2-5-14(17)6-3-13/h2-7H,8-11H2,1H3/b7-4+. The molecule has 1 aliphatic rings. The normalized spacial score (nSPS) is 15.4. The van der Waals surface area contributed by atoms with Crippen LogP contribution in [0.15, 0.2) is 30.3 Å². The Balaban J connectivity index is 1.54. The van der Waals surface area contributed by atoms with Gasteiger partial charge in [0.05, 0.1) is 0 Å². The van der Waals surface area contributed by atoms with Crippen molar-refractivity contribution in [1.29, 1.82) is 0 Å². The Hall–Kier alpha value is -2.28. The second-order valence-corrected chi connectivity index (χ2v) is 6.46. The predicted octanol–water partition coefficient (Wildman–Crippen LogP) is 2.35. The lowest BCUT2D eigenvalue weighted by atomic mass is 10.2. The molecule has 0 spiro atoms. The van der Waals surface area contributed by atoms with Gasteiger partial charge >= 0.3 is 0 Å². The van der Waals surface area contributed by atoms with Crippen molar-refractivity contribution in [1.82, 2.24) is 15.1 Å². The zero-order valence-corrected chi connectivity index (χ0v) is 13.6. The number of carbonyl (C=O) groups excluding carboxylic acids is 1. The predicted molar refractivity (Wildman–Crippen MR) is 88.9 cm³/mol. The minimum atomic E-state index is -0.281. The number of aromatic nitrogens is 2. The van der Waals surface area contributed by atoms with Crippen LogP contribution < -0.4 is 4.90 Å². The van der Waals surface area contributed by atoms with E-state index in [0.29, 0.717) is 13.1 Å². The molecule has 120 valence electrons. The zero-order valence-electron chi connectivity index (χ0n) is 12.8. The summed E-state index contributed by atoms with van der Waals surface area (Å²) >= 11 is 1.57. The van der Waals surface area contributed by atoms with Gasteiger partial charge in [-0.15, -0.1) is 10.2 Å². The van der Waals surface area contributed by atoms with Gasteiger partial charge in [0.15, 0.2) is 0 Å². The highest BCUT2D eigenvalue weighted by atomic mass is 32.1. The van der Waals surface area contributed by atoms with Gasteiger partial charge < -0.3 is 9.80 Å². The van der Waals surface area contributed by atoms with Gasteiger partial charge in [-0.1, -0.05) is 23.5 Å². The summed E-state index contributed by atoms with van der Waals surface area (Å²) in [7, 11) is 0. The summed E-state index contributed by atoms with van der Waals surface area (Å²) in [5.74, 6) is -0.307. The average Bonchev–Trinajstić information content (AvgIpc) is 3.01. The molecule has 1 saturated heterocycles. The Bertz CT molecular complexity index is 705. The summed E-state index contributed by atoms with van der Waals surface area (Å²) in [5.41, 5.74) is 0.808. The molecule has 3 rings (SSSR count). The molecule has 23 heavy (non-hydrogen) atoms. The van der Waals surface area contributed by atoms with Crippen LogP contribution in [0.5, 0.6) is 0 Å². The van der Waals surface area contributed by atoms with E-state index in [4.69, 9.17) is 0 Å². The number of nitrogens with zero attached hydrogens (tertiary/aromatic N) is 4. The highest BCUT2D eigenvalue weighted by Crippen LogP contribution is 2.20. The highest BCUT2D eigenvalue weighted by Gasteiger charge is 2.21. The summed E-state index contributed by atoms with van der Waals surface area (Å²) in [4.78, 5) is 16.2. The molecule has 0 unspecified atom stereocenters. The van der Waals surface area contributed by atoms with E-state index in [0.717, 1.165) is 28.8 Å². The Labute approximate surface area is 138 Å². The van der Waals surface area contributed by atoms with Crippen LogP contribution in [-0.4, -0.2) is 47.2 Å². The fraction of sp³-hybridized carbons (Fsp3) is 0.312. The molecule has 0 radical (unpaired) electrons. The summed E-state index contributed by atoms with van der Waals surface area (Å²) in [6, 6.07) is 6.06. The molecule has 0 bridgehead atoms. The van der Waals surface area contributed by atoms with E-state index in [9.17, 15) is 9.18 Å². The van der Waals surface area contributed by atoms with Crippen LogP contribution in [0, 0.1) is 12.7 Å². The maximum atomic E-state index is 12.8. The molecule has 0 atom stereocenters. The Kier molecular flexibility index (Phi) is 4.66. The van der Waals surface area contributed by atoms with Crippen LogP contribution in [0.4, 0.5) is 9.52 Å². The van der Waals surface area contributed by atoms with Gasteiger partial charge in [0.25, 0.3) is 0 Å². The van der Waals surface area contributed by atoms with Crippen molar-refractivity contribution in [3.8, 4) is 0 Å². The SMILES string of the molecule is Cc1nnc(N2CCN(C(=O)/C=C/c3ccc(F)cc3)CC2)s1. The van der Waals surface area contributed by atoms with Crippen molar-refractivity contribution in [2.45, 2.75) is 6.92 Å². The average molecular weight is 332 g/mol. The van der Waals surface area contributed by atoms with Crippen LogP contribution in [0.2, 0.25) is 0 Å². The molecule has 7 heteroatoms. The van der Waals surface area contributed by atoms with Crippen molar-refractivity contribution in [2.75, 3.05) is 31.1 Å². The van der Waals surface area contributed by atoms with Crippen LogP contribution in [0.1, 0.15) is 10.6 Å². The zero-order chi connectivity index (χ0) is 16.2. The molecule has 1 fully saturated rings. The van der Waals surface area contributed by atoms with Gasteiger partial charge in [0, 0.05) is 32.3 Å². The first-order valence-electron chi connectivity index (χ1n) is 7.39. The van der Waals surface area contributed by atoms with Crippen LogP contribution >= 0.6 is 11.3 Å². The lowest BCUT2D eigenvalue weighted by Gasteiger charge is -2.33. The van der Waals surface area contributed by atoms with E-state index in [1.54, 1.807) is 29.5 Å². The smallest absolute Gasteiger partial charge is 0.246 e. The van der Waals surface area contributed by atoms with Crippen molar-refractivity contribution in [2.24, 2.45) is 0 Å². The van der Waals surface area contributed by atoms with Crippen LogP contribution in [0.25, 0.3) is 6.08 Å². The van der Waals surface area contributed by atoms with Gasteiger partial charge in [-0.3, -0.25) is 4.79 Å². The molecular weight excluding hydrogens is 315 g/mol. The summed E-state index contributed by atoms with van der Waals surface area (Å²) < 4.78 is 12.8. The second-order valence-electron chi connectivity index (χ2n) is 5.30. The number of benzene rings is 1. The molecule has 0 aliphatic carbocycles. The van der Waals surface area contributed by atoms with Crippen molar-refractivity contribution >= 4 is 28.5 Å². The number of halogens is 1. The molecule has 1 aromatic carbocycles. The monoisotopic (exact) mass is 332 g/mol. The summed E-state index contributed by atoms with van der Waals surface area (Å²) in [6.45, 7) is 4.76. The maximum Gasteiger partial charge on any atom is 0.246 e. The molecule has 1 aliphatic heterocycles. The number of piperazine rings is 1. The maximum absolute atomic E-state index is 12.8. The van der Waals surface area contributed by atoms with Gasteiger partial charge in [0.2, 0.25) is 11.0 Å². The van der Waals surface area contributed by atoms with E-state index in [1.807, 2.05) is 11.8 Å². The third kappa shape index (κ3) is 3.92. The van der Waals surface area contributed by atoms with Gasteiger partial charge in [-0.2, -0.15) is 0 Å². The third-order valence-electron chi connectivity index (χ3n) is 3.67. The Morgan fingerprint density at radius 1 is 1.17 bits per heavy atom. The lowest BCUT2D eigenvalue weighted by molar-refractivity contribution is -0.126. The number of aryl methyl sites for hydroxylation is 1. The van der Waals surface area contributed by atoms with Crippen LogP contribution in [-0.2, 0) is 4.79 Å². The number of rotatable bonds is 3. The molecule has 0 N–H and O–H groups in total. The van der Waals surface area contributed by atoms with E-state index in [-0.39, 0.29) is 11.7 Å². The molecule has 2 heterocycles. The fourth-order valence-electron chi connectivity index (χ4n) is 2.38. The fourth-order valence-corrected chi connectivity index (χ4v) is 3.12. The number of hydrogen-bond acceptors (Lipinski definition) is 5. The van der Waals surface area contributed by atoms with Crippen LogP contribution in [0.3, 0.4) is 0 Å². The molecule has 2 aromatic rings. The highest BCUT2D eigenvalue weighted by molar-refractivity contribution is 7.15. The largest absolute Gasteiger partial charge is 0.343 e. The summed E-state index contributed by atoms with van der Waals surface area (Å²) in [6.07, 6.45) is 3.25. The molecular formula is C16H17FN4OS. The van der Waals surface area contributed by atoms with Gasteiger partial charge in [0.1, 0.15) is 10.8 Å². The van der Waals surface area contributed by atoms with Crippen molar-refractivity contribution in [3.05, 3.63) is 46.7 Å². The topological polar surface area (TPSA) is 49.3 Å².